The molecule has 176 valence electrons. The molecule has 0 spiro atoms. The highest BCUT2D eigenvalue weighted by Crippen LogP contribution is 2.42. The zero-order valence-electron chi connectivity index (χ0n) is 16.2. The lowest BCUT2D eigenvalue weighted by molar-refractivity contribution is -0.274. The number of nitrogens with one attached hydrogen (secondary N) is 1. The summed E-state index contributed by atoms with van der Waals surface area (Å²) in [6, 6.07) is 4.00. The summed E-state index contributed by atoms with van der Waals surface area (Å²) in [6.07, 6.45) is -14.8. The highest BCUT2D eigenvalue weighted by molar-refractivity contribution is 5.43. The average molecular weight is 472 g/mol. The van der Waals surface area contributed by atoms with Crippen molar-refractivity contribution >= 4 is 0 Å². The summed E-state index contributed by atoms with van der Waals surface area (Å²) >= 11 is 0. The molecular weight excluding hydrogens is 455 g/mol. The SMILES string of the molecule is FC(F)(F)Oc1ccc([C@@H](c2cc(C(F)(F)F)ccc2C(F)(F)F)N2CCNCC2)cc1. The smallest absolute Gasteiger partial charge is 0.406 e. The highest BCUT2D eigenvalue weighted by atomic mass is 19.4. The zero-order valence-corrected chi connectivity index (χ0v) is 16.2. The summed E-state index contributed by atoms with van der Waals surface area (Å²) in [5, 5.41) is 3.00. The van der Waals surface area contributed by atoms with E-state index in [9.17, 15) is 39.5 Å². The van der Waals surface area contributed by atoms with Crippen molar-refractivity contribution in [3.63, 3.8) is 0 Å². The first kappa shape index (κ1) is 24.2. The third kappa shape index (κ3) is 5.85. The van der Waals surface area contributed by atoms with E-state index < -0.39 is 47.2 Å². The molecule has 2 aromatic carbocycles. The van der Waals surface area contributed by atoms with Gasteiger partial charge in [0.15, 0.2) is 0 Å². The number of hydrogen-bond donors (Lipinski definition) is 1. The van der Waals surface area contributed by atoms with Gasteiger partial charge in [-0.3, -0.25) is 4.90 Å². The van der Waals surface area contributed by atoms with Crippen molar-refractivity contribution in [3.8, 4) is 5.75 Å². The number of rotatable bonds is 4. The first-order valence-electron chi connectivity index (χ1n) is 9.34. The van der Waals surface area contributed by atoms with Gasteiger partial charge in [-0.1, -0.05) is 12.1 Å². The molecule has 0 aromatic heterocycles. The molecule has 1 heterocycles. The average Bonchev–Trinajstić information content (AvgIpc) is 2.68. The minimum Gasteiger partial charge on any atom is -0.406 e. The second kappa shape index (κ2) is 8.81. The number of hydrogen-bond acceptors (Lipinski definition) is 3. The van der Waals surface area contributed by atoms with Crippen molar-refractivity contribution in [1.82, 2.24) is 10.2 Å². The quantitative estimate of drug-likeness (QED) is 0.585. The summed E-state index contributed by atoms with van der Waals surface area (Å²) in [5.41, 5.74) is -3.02. The number of benzene rings is 2. The van der Waals surface area contributed by atoms with Crippen molar-refractivity contribution < 1.29 is 44.3 Å². The van der Waals surface area contributed by atoms with Gasteiger partial charge in [-0.2, -0.15) is 26.3 Å². The fraction of sp³-hybridized carbons (Fsp3) is 0.400. The van der Waals surface area contributed by atoms with Gasteiger partial charge in [-0.25, -0.2) is 0 Å². The fourth-order valence-electron chi connectivity index (χ4n) is 3.60. The predicted molar refractivity (Wildman–Crippen MR) is 95.9 cm³/mol. The van der Waals surface area contributed by atoms with Crippen LogP contribution in [0, 0.1) is 0 Å². The Morgan fingerprint density at radius 1 is 0.781 bits per heavy atom. The van der Waals surface area contributed by atoms with Crippen LogP contribution in [0.15, 0.2) is 42.5 Å². The van der Waals surface area contributed by atoms with Gasteiger partial charge in [0.2, 0.25) is 0 Å². The number of nitrogens with zero attached hydrogens (tertiary/aromatic N) is 1. The van der Waals surface area contributed by atoms with E-state index in [1.807, 2.05) is 0 Å². The number of ether oxygens (including phenoxy) is 1. The Balaban J connectivity index is 2.14. The Morgan fingerprint density at radius 2 is 1.38 bits per heavy atom. The van der Waals surface area contributed by atoms with Crippen LogP contribution in [0.25, 0.3) is 0 Å². The van der Waals surface area contributed by atoms with Crippen LogP contribution in [0.1, 0.15) is 28.3 Å². The van der Waals surface area contributed by atoms with Crippen molar-refractivity contribution in [2.24, 2.45) is 0 Å². The van der Waals surface area contributed by atoms with Gasteiger partial charge in [0.25, 0.3) is 0 Å². The maximum Gasteiger partial charge on any atom is 0.573 e. The molecule has 3 rings (SSSR count). The summed E-state index contributed by atoms with van der Waals surface area (Å²) in [5.74, 6) is -0.597. The molecule has 1 aliphatic heterocycles. The molecule has 1 atom stereocenters. The molecule has 3 nitrogen and oxygen atoms in total. The van der Waals surface area contributed by atoms with Gasteiger partial charge in [-0.15, -0.1) is 13.2 Å². The summed E-state index contributed by atoms with van der Waals surface area (Å²) < 4.78 is 122. The molecule has 32 heavy (non-hydrogen) atoms. The molecular formula is C20H17F9N2O. The van der Waals surface area contributed by atoms with E-state index in [0.717, 1.165) is 24.3 Å². The largest absolute Gasteiger partial charge is 0.573 e. The van der Waals surface area contributed by atoms with Crippen LogP contribution in [0.2, 0.25) is 0 Å². The van der Waals surface area contributed by atoms with Crippen LogP contribution in [0.3, 0.4) is 0 Å². The first-order valence-corrected chi connectivity index (χ1v) is 9.34. The maximum atomic E-state index is 13.7. The molecule has 0 radical (unpaired) electrons. The van der Waals surface area contributed by atoms with Gasteiger partial charge < -0.3 is 10.1 Å². The first-order chi connectivity index (χ1) is 14.8. The molecule has 1 N–H and O–H groups in total. The highest BCUT2D eigenvalue weighted by Gasteiger charge is 2.40. The van der Waals surface area contributed by atoms with Crippen molar-refractivity contribution in [1.29, 1.82) is 0 Å². The lowest BCUT2D eigenvalue weighted by atomic mass is 9.90. The van der Waals surface area contributed by atoms with Gasteiger partial charge in [0.1, 0.15) is 5.75 Å². The minimum atomic E-state index is -4.97. The van der Waals surface area contributed by atoms with Crippen molar-refractivity contribution in [2.45, 2.75) is 24.8 Å². The van der Waals surface area contributed by atoms with Crippen molar-refractivity contribution in [3.05, 3.63) is 64.7 Å². The number of alkyl halides is 9. The Labute approximate surface area is 176 Å². The Bertz CT molecular complexity index is 915. The maximum absolute atomic E-state index is 13.7. The number of piperazine rings is 1. The van der Waals surface area contributed by atoms with Crippen molar-refractivity contribution in [2.75, 3.05) is 26.2 Å². The van der Waals surface area contributed by atoms with Crippen LogP contribution < -0.4 is 10.1 Å². The molecule has 0 amide bonds. The second-order valence-corrected chi connectivity index (χ2v) is 7.10. The predicted octanol–water partition coefficient (Wildman–Crippen LogP) is 5.62. The monoisotopic (exact) mass is 472 g/mol. The minimum absolute atomic E-state index is 0.103. The lowest BCUT2D eigenvalue weighted by Crippen LogP contribution is -2.45. The van der Waals surface area contributed by atoms with E-state index in [0.29, 0.717) is 31.3 Å². The van der Waals surface area contributed by atoms with Crippen LogP contribution >= 0.6 is 0 Å². The second-order valence-electron chi connectivity index (χ2n) is 7.10. The van der Waals surface area contributed by atoms with Gasteiger partial charge in [-0.05, 0) is 41.5 Å². The molecule has 0 saturated carbocycles. The van der Waals surface area contributed by atoms with Gasteiger partial charge >= 0.3 is 18.7 Å². The Kier molecular flexibility index (Phi) is 6.66. The molecule has 0 unspecified atom stereocenters. The molecule has 1 aliphatic rings. The van der Waals surface area contributed by atoms with Gasteiger partial charge in [0, 0.05) is 26.2 Å². The van der Waals surface area contributed by atoms with E-state index in [4.69, 9.17) is 0 Å². The van der Waals surface area contributed by atoms with E-state index >= 15 is 0 Å². The molecule has 1 fully saturated rings. The number of halogens is 9. The van der Waals surface area contributed by atoms with E-state index in [-0.39, 0.29) is 18.7 Å². The molecule has 12 heteroatoms. The Morgan fingerprint density at radius 3 is 1.88 bits per heavy atom. The van der Waals surface area contributed by atoms with E-state index in [2.05, 4.69) is 10.1 Å². The van der Waals surface area contributed by atoms with Crippen LogP contribution in [0.5, 0.6) is 5.75 Å². The topological polar surface area (TPSA) is 24.5 Å². The summed E-state index contributed by atoms with van der Waals surface area (Å²) in [4.78, 5) is 1.56. The third-order valence-electron chi connectivity index (χ3n) is 4.93. The van der Waals surface area contributed by atoms with Crippen LogP contribution in [-0.2, 0) is 12.4 Å². The van der Waals surface area contributed by atoms with Crippen LogP contribution in [0.4, 0.5) is 39.5 Å². The lowest BCUT2D eigenvalue weighted by Gasteiger charge is -2.37. The summed E-state index contributed by atoms with van der Waals surface area (Å²) in [7, 11) is 0. The summed E-state index contributed by atoms with van der Waals surface area (Å²) in [6.45, 7) is 1.20. The molecule has 0 bridgehead atoms. The van der Waals surface area contributed by atoms with E-state index in [1.54, 1.807) is 4.90 Å². The molecule has 0 aliphatic carbocycles. The zero-order chi connectivity index (χ0) is 23.7. The van der Waals surface area contributed by atoms with Gasteiger partial charge in [0.05, 0.1) is 17.2 Å². The Hall–Kier alpha value is -2.47. The molecule has 1 saturated heterocycles. The standard InChI is InChI=1S/C20H17F9N2O/c21-18(22,23)13-3-6-16(19(24,25)26)15(11-13)17(31-9-7-30-8-10-31)12-1-4-14(5-2-12)32-20(27,28)29/h1-6,11,17,30H,7-10H2/t17-/m0/s1. The normalized spacial score (nSPS) is 17.3. The van der Waals surface area contributed by atoms with Crippen LogP contribution in [-0.4, -0.2) is 37.4 Å². The third-order valence-corrected chi connectivity index (χ3v) is 4.93. The van der Waals surface area contributed by atoms with E-state index in [1.165, 1.54) is 0 Å². The molecule has 2 aromatic rings. The fourth-order valence-corrected chi connectivity index (χ4v) is 3.60.